The molecular weight excluding hydrogens is 553 g/mol. The summed E-state index contributed by atoms with van der Waals surface area (Å²) in [5, 5.41) is 16.3. The maximum Gasteiger partial charge on any atom is -0.00139 e. The molecule has 0 atom stereocenters. The first kappa shape index (κ1) is 24.8. The highest BCUT2D eigenvalue weighted by Crippen LogP contribution is 2.55. The van der Waals surface area contributed by atoms with Gasteiger partial charge in [0, 0.05) is 0 Å². The lowest BCUT2D eigenvalue weighted by Gasteiger charge is -2.17. The van der Waals surface area contributed by atoms with Crippen LogP contribution in [0.15, 0.2) is 109 Å². The zero-order chi connectivity index (χ0) is 30.6. The Kier molecular flexibility index (Phi) is 4.43. The molecule has 0 bridgehead atoms. The van der Waals surface area contributed by atoms with E-state index in [0.717, 1.165) is 0 Å². The van der Waals surface area contributed by atoms with E-state index in [-0.39, 0.29) is 0 Å². The van der Waals surface area contributed by atoms with Crippen LogP contribution >= 0.6 is 0 Å². The molecule has 0 N–H and O–H groups in total. The largest absolute Gasteiger partial charge is 0.0610 e. The van der Waals surface area contributed by atoms with Crippen LogP contribution in [0.5, 0.6) is 0 Å². The molecule has 0 heteroatoms. The molecule has 0 aliphatic heterocycles. The highest BCUT2D eigenvalue weighted by atomic mass is 14.3. The van der Waals surface area contributed by atoms with Crippen molar-refractivity contribution in [1.29, 1.82) is 0 Å². The van der Waals surface area contributed by atoms with Crippen molar-refractivity contribution in [3.63, 3.8) is 0 Å². The van der Waals surface area contributed by atoms with Gasteiger partial charge in [0.05, 0.1) is 0 Å². The minimum atomic E-state index is 1.29. The van der Waals surface area contributed by atoms with Crippen LogP contribution in [0, 0.1) is 27.7 Å². The molecule has 0 heterocycles. The SMILES string of the molecule is Cc1cc(C)c2c(c1)-c1cc3c4ccc(C)cc4c(-c4ccc5c6c4ccc4ccc7cccc-5c7c46)cc3c3ccc(C)c-2c13. The summed E-state index contributed by atoms with van der Waals surface area (Å²) < 4.78 is 0. The molecule has 0 saturated heterocycles. The van der Waals surface area contributed by atoms with Crippen molar-refractivity contribution in [1.82, 2.24) is 0 Å². The van der Waals surface area contributed by atoms with Crippen molar-refractivity contribution < 1.29 is 0 Å². The molecular formula is C46H30. The molecule has 214 valence electrons. The Morgan fingerprint density at radius 2 is 1.02 bits per heavy atom. The van der Waals surface area contributed by atoms with Crippen molar-refractivity contribution in [3.8, 4) is 44.5 Å². The summed E-state index contributed by atoms with van der Waals surface area (Å²) in [7, 11) is 0. The Labute approximate surface area is 267 Å². The minimum absolute atomic E-state index is 1.29. The molecule has 0 radical (unpaired) electrons. The van der Waals surface area contributed by atoms with E-state index < -0.39 is 0 Å². The molecule has 9 aromatic rings. The third-order valence-electron chi connectivity index (χ3n) is 11.2. The summed E-state index contributed by atoms with van der Waals surface area (Å²) in [5.41, 5.74) is 16.3. The zero-order valence-electron chi connectivity index (χ0n) is 26.4. The van der Waals surface area contributed by atoms with Crippen LogP contribution in [0.25, 0.3) is 109 Å². The van der Waals surface area contributed by atoms with Gasteiger partial charge >= 0.3 is 0 Å². The van der Waals surface area contributed by atoms with E-state index in [1.165, 1.54) is 131 Å². The van der Waals surface area contributed by atoms with E-state index in [0.29, 0.717) is 0 Å². The summed E-state index contributed by atoms with van der Waals surface area (Å²) in [5.74, 6) is 0. The van der Waals surface area contributed by atoms with E-state index in [1.54, 1.807) is 0 Å². The molecule has 0 amide bonds. The second-order valence-corrected chi connectivity index (χ2v) is 13.9. The Hall–Kier alpha value is -5.46. The Morgan fingerprint density at radius 1 is 0.304 bits per heavy atom. The van der Waals surface area contributed by atoms with Crippen LogP contribution in [0.4, 0.5) is 0 Å². The van der Waals surface area contributed by atoms with E-state index in [2.05, 4.69) is 137 Å². The van der Waals surface area contributed by atoms with Crippen LogP contribution < -0.4 is 0 Å². The maximum atomic E-state index is 2.51. The van der Waals surface area contributed by atoms with Crippen molar-refractivity contribution in [2.24, 2.45) is 0 Å². The first-order valence-electron chi connectivity index (χ1n) is 16.4. The van der Waals surface area contributed by atoms with Crippen LogP contribution in [0.3, 0.4) is 0 Å². The molecule has 9 aromatic carbocycles. The van der Waals surface area contributed by atoms with E-state index in [1.807, 2.05) is 0 Å². The number of benzene rings is 9. The van der Waals surface area contributed by atoms with Gasteiger partial charge in [-0.3, -0.25) is 0 Å². The summed E-state index contributed by atoms with van der Waals surface area (Å²) in [6, 6.07) is 42.4. The molecule has 2 aliphatic carbocycles. The van der Waals surface area contributed by atoms with Gasteiger partial charge in [0.25, 0.3) is 0 Å². The van der Waals surface area contributed by atoms with Gasteiger partial charge in [-0.25, -0.2) is 0 Å². The Morgan fingerprint density at radius 3 is 1.91 bits per heavy atom. The predicted octanol–water partition coefficient (Wildman–Crippen LogP) is 13.1. The molecule has 0 nitrogen and oxygen atoms in total. The zero-order valence-corrected chi connectivity index (χ0v) is 26.4. The summed E-state index contributed by atoms with van der Waals surface area (Å²) in [6.07, 6.45) is 0. The maximum absolute atomic E-state index is 2.51. The fraction of sp³-hybridized carbons (Fsp3) is 0.0870. The van der Waals surface area contributed by atoms with Gasteiger partial charge in [-0.15, -0.1) is 0 Å². The topological polar surface area (TPSA) is 0 Å². The van der Waals surface area contributed by atoms with E-state index >= 15 is 0 Å². The minimum Gasteiger partial charge on any atom is -0.0610 e. The average Bonchev–Trinajstić information content (AvgIpc) is 3.58. The molecule has 2 aliphatic rings. The average molecular weight is 583 g/mol. The van der Waals surface area contributed by atoms with Crippen LogP contribution in [0.1, 0.15) is 22.3 Å². The van der Waals surface area contributed by atoms with Crippen LogP contribution in [0.2, 0.25) is 0 Å². The van der Waals surface area contributed by atoms with Crippen molar-refractivity contribution >= 4 is 64.6 Å². The monoisotopic (exact) mass is 582 g/mol. The highest BCUT2D eigenvalue weighted by molar-refractivity contribution is 6.35. The lowest BCUT2D eigenvalue weighted by atomic mass is 9.86. The molecule has 0 unspecified atom stereocenters. The smallest absolute Gasteiger partial charge is 0.00139 e. The van der Waals surface area contributed by atoms with Gasteiger partial charge in [-0.1, -0.05) is 108 Å². The second kappa shape index (κ2) is 8.22. The quantitative estimate of drug-likeness (QED) is 0.169. The normalized spacial score (nSPS) is 12.8. The first-order valence-corrected chi connectivity index (χ1v) is 16.4. The van der Waals surface area contributed by atoms with Crippen molar-refractivity contribution in [2.45, 2.75) is 27.7 Å². The van der Waals surface area contributed by atoms with Crippen molar-refractivity contribution in [2.75, 3.05) is 0 Å². The molecule has 0 aromatic heterocycles. The fourth-order valence-electron chi connectivity index (χ4n) is 9.36. The van der Waals surface area contributed by atoms with E-state index in [9.17, 15) is 0 Å². The lowest BCUT2D eigenvalue weighted by Crippen LogP contribution is -1.90. The van der Waals surface area contributed by atoms with Gasteiger partial charge in [-0.05, 0) is 160 Å². The summed E-state index contributed by atoms with van der Waals surface area (Å²) >= 11 is 0. The molecule has 0 saturated carbocycles. The standard InChI is InChI=1S/C46H30/c1-23-8-13-30-35(19-23)36(29-16-17-33-31-7-5-6-27-10-11-28-12-15-32(29)45(33)44(28)43(27)31)21-38-34-14-9-25(3)42-41-26(4)18-24(2)20-39(41)40(46(34)42)22-37(30)38/h5-22H,1-4H3. The summed E-state index contributed by atoms with van der Waals surface area (Å²) in [6.45, 7) is 9.01. The predicted molar refractivity (Wildman–Crippen MR) is 199 cm³/mol. The van der Waals surface area contributed by atoms with Crippen LogP contribution in [-0.4, -0.2) is 0 Å². The lowest BCUT2D eigenvalue weighted by molar-refractivity contribution is 1.38. The first-order chi connectivity index (χ1) is 22.5. The van der Waals surface area contributed by atoms with E-state index in [4.69, 9.17) is 0 Å². The van der Waals surface area contributed by atoms with Gasteiger partial charge in [0.2, 0.25) is 0 Å². The number of rotatable bonds is 1. The second-order valence-electron chi connectivity index (χ2n) is 13.9. The van der Waals surface area contributed by atoms with Gasteiger partial charge < -0.3 is 0 Å². The van der Waals surface area contributed by atoms with Crippen molar-refractivity contribution in [3.05, 3.63) is 131 Å². The van der Waals surface area contributed by atoms with Crippen LogP contribution in [-0.2, 0) is 0 Å². The molecule has 0 spiro atoms. The van der Waals surface area contributed by atoms with Gasteiger partial charge in [0.15, 0.2) is 0 Å². The third kappa shape index (κ3) is 2.87. The molecule has 11 rings (SSSR count). The summed E-state index contributed by atoms with van der Waals surface area (Å²) in [4.78, 5) is 0. The third-order valence-corrected chi connectivity index (χ3v) is 11.2. The Bertz CT molecular complexity index is 2930. The highest BCUT2D eigenvalue weighted by Gasteiger charge is 2.28. The molecule has 0 fully saturated rings. The number of aryl methyl sites for hydroxylation is 4. The van der Waals surface area contributed by atoms with Gasteiger partial charge in [0.1, 0.15) is 0 Å². The molecule has 46 heavy (non-hydrogen) atoms. The fourth-order valence-corrected chi connectivity index (χ4v) is 9.36. The number of hydrogen-bond donors (Lipinski definition) is 0. The van der Waals surface area contributed by atoms with Gasteiger partial charge in [-0.2, -0.15) is 0 Å². The number of hydrogen-bond acceptors (Lipinski definition) is 0. The number of fused-ring (bicyclic) bond motifs is 8. The Balaban J connectivity index is 1.31.